The minimum atomic E-state index is -3.49. The molecule has 1 saturated carbocycles. The van der Waals surface area contributed by atoms with Crippen LogP contribution in [0.2, 0.25) is 10.0 Å². The van der Waals surface area contributed by atoms with E-state index in [4.69, 9.17) is 23.2 Å². The standard InChI is InChI=1S/C21H23Cl2N3O3S/c1-14-2-6-17(7-3-14)30(28,29)26-12-21(13-26)9-8-19(21)25-20(27)24-11-15-4-5-16(22)10-18(15)23/h2-7,10,19H,8-9,11-13H2,1H3,(H2,24,25,27). The second kappa shape index (κ2) is 8.04. The average Bonchev–Trinajstić information content (AvgIpc) is 2.64. The van der Waals surface area contributed by atoms with E-state index in [2.05, 4.69) is 10.6 Å². The van der Waals surface area contributed by atoms with E-state index in [9.17, 15) is 13.2 Å². The molecule has 1 aliphatic heterocycles. The maximum Gasteiger partial charge on any atom is 0.315 e. The highest BCUT2D eigenvalue weighted by molar-refractivity contribution is 7.89. The second-order valence-corrected chi connectivity index (χ2v) is 10.9. The van der Waals surface area contributed by atoms with Crippen LogP contribution in [0.15, 0.2) is 47.4 Å². The molecule has 0 radical (unpaired) electrons. The third-order valence-corrected chi connectivity index (χ3v) is 8.46. The van der Waals surface area contributed by atoms with Gasteiger partial charge in [-0.1, -0.05) is 47.0 Å². The van der Waals surface area contributed by atoms with Crippen LogP contribution in [-0.2, 0) is 16.6 Å². The number of sulfonamides is 1. The van der Waals surface area contributed by atoms with Crippen LogP contribution in [0.5, 0.6) is 0 Å². The quantitative estimate of drug-likeness (QED) is 0.698. The van der Waals surface area contributed by atoms with Crippen molar-refractivity contribution >= 4 is 39.3 Å². The van der Waals surface area contributed by atoms with Crippen molar-refractivity contribution in [3.63, 3.8) is 0 Å². The molecule has 1 unspecified atom stereocenters. The van der Waals surface area contributed by atoms with E-state index in [1.165, 1.54) is 4.31 Å². The third-order valence-electron chi connectivity index (χ3n) is 6.07. The van der Waals surface area contributed by atoms with Gasteiger partial charge >= 0.3 is 6.03 Å². The van der Waals surface area contributed by atoms with Crippen LogP contribution in [0.4, 0.5) is 4.79 Å². The second-order valence-electron chi connectivity index (χ2n) is 8.10. The van der Waals surface area contributed by atoms with Crippen molar-refractivity contribution < 1.29 is 13.2 Å². The molecule has 0 bridgehead atoms. The Morgan fingerprint density at radius 2 is 1.87 bits per heavy atom. The van der Waals surface area contributed by atoms with Gasteiger partial charge in [-0.15, -0.1) is 0 Å². The molecule has 2 aromatic carbocycles. The van der Waals surface area contributed by atoms with Crippen molar-refractivity contribution in [3.05, 3.63) is 63.6 Å². The zero-order valence-electron chi connectivity index (χ0n) is 16.5. The van der Waals surface area contributed by atoms with Crippen LogP contribution < -0.4 is 10.6 Å². The molecule has 4 rings (SSSR count). The number of urea groups is 1. The minimum absolute atomic E-state index is 0.0392. The van der Waals surface area contributed by atoms with E-state index in [0.29, 0.717) is 28.0 Å². The molecule has 2 aromatic rings. The summed E-state index contributed by atoms with van der Waals surface area (Å²) in [5.74, 6) is 0. The summed E-state index contributed by atoms with van der Waals surface area (Å²) >= 11 is 12.0. The fourth-order valence-corrected chi connectivity index (χ4v) is 6.14. The minimum Gasteiger partial charge on any atom is -0.335 e. The molecule has 2 aliphatic rings. The van der Waals surface area contributed by atoms with E-state index in [0.717, 1.165) is 24.0 Å². The van der Waals surface area contributed by atoms with Gasteiger partial charge in [-0.25, -0.2) is 13.2 Å². The molecule has 1 aliphatic carbocycles. The highest BCUT2D eigenvalue weighted by Gasteiger charge is 2.58. The van der Waals surface area contributed by atoms with Crippen molar-refractivity contribution in [2.24, 2.45) is 5.41 Å². The van der Waals surface area contributed by atoms with Crippen molar-refractivity contribution in [2.45, 2.75) is 37.2 Å². The lowest BCUT2D eigenvalue weighted by atomic mass is 9.60. The van der Waals surface area contributed by atoms with Crippen LogP contribution in [0.25, 0.3) is 0 Å². The molecular formula is C21H23Cl2N3O3S. The Morgan fingerprint density at radius 1 is 1.17 bits per heavy atom. The first-order valence-electron chi connectivity index (χ1n) is 9.75. The number of aryl methyl sites for hydroxylation is 1. The van der Waals surface area contributed by atoms with Gasteiger partial charge in [0.2, 0.25) is 10.0 Å². The molecule has 2 amide bonds. The Labute approximate surface area is 186 Å². The molecular weight excluding hydrogens is 445 g/mol. The lowest BCUT2D eigenvalue weighted by molar-refractivity contribution is -0.0418. The zero-order valence-corrected chi connectivity index (χ0v) is 18.8. The fourth-order valence-electron chi connectivity index (χ4n) is 4.04. The van der Waals surface area contributed by atoms with Gasteiger partial charge in [-0.3, -0.25) is 0 Å². The maximum absolute atomic E-state index is 12.8. The number of rotatable bonds is 5. The van der Waals surface area contributed by atoms with Gasteiger partial charge in [0.25, 0.3) is 0 Å². The van der Waals surface area contributed by atoms with Gasteiger partial charge in [0.15, 0.2) is 0 Å². The van der Waals surface area contributed by atoms with Crippen LogP contribution in [0.1, 0.15) is 24.0 Å². The molecule has 1 spiro atoms. The van der Waals surface area contributed by atoms with Crippen molar-refractivity contribution in [3.8, 4) is 0 Å². The highest BCUT2D eigenvalue weighted by atomic mass is 35.5. The predicted molar refractivity (Wildman–Crippen MR) is 117 cm³/mol. The van der Waals surface area contributed by atoms with Gasteiger partial charge in [-0.05, 0) is 49.6 Å². The van der Waals surface area contributed by atoms with Crippen molar-refractivity contribution in [2.75, 3.05) is 13.1 Å². The Bertz CT molecular complexity index is 1070. The van der Waals surface area contributed by atoms with Crippen molar-refractivity contribution in [1.29, 1.82) is 0 Å². The first-order chi connectivity index (χ1) is 14.2. The lowest BCUT2D eigenvalue weighted by Crippen LogP contribution is -2.71. The number of nitrogens with zero attached hydrogens (tertiary/aromatic N) is 1. The van der Waals surface area contributed by atoms with Crippen LogP contribution in [-0.4, -0.2) is 37.9 Å². The maximum atomic E-state index is 12.8. The number of carbonyl (C=O) groups is 1. The molecule has 6 nitrogen and oxygen atoms in total. The van der Waals surface area contributed by atoms with Crippen LogP contribution in [0, 0.1) is 12.3 Å². The number of hydrogen-bond donors (Lipinski definition) is 2. The predicted octanol–water partition coefficient (Wildman–Crippen LogP) is 3.95. The highest BCUT2D eigenvalue weighted by Crippen LogP contribution is 2.50. The average molecular weight is 468 g/mol. The van der Waals surface area contributed by atoms with Crippen LogP contribution in [0.3, 0.4) is 0 Å². The summed E-state index contributed by atoms with van der Waals surface area (Å²) in [5.41, 5.74) is 1.62. The van der Waals surface area contributed by atoms with Gasteiger partial charge < -0.3 is 10.6 Å². The summed E-state index contributed by atoms with van der Waals surface area (Å²) in [5, 5.41) is 6.84. The lowest BCUT2D eigenvalue weighted by Gasteiger charge is -2.59. The summed E-state index contributed by atoms with van der Waals surface area (Å²) in [7, 11) is -3.49. The molecule has 30 heavy (non-hydrogen) atoms. The van der Waals surface area contributed by atoms with E-state index in [-0.39, 0.29) is 24.0 Å². The molecule has 1 heterocycles. The molecule has 2 fully saturated rings. The number of halogens is 2. The molecule has 1 atom stereocenters. The van der Waals surface area contributed by atoms with Crippen molar-refractivity contribution in [1.82, 2.24) is 14.9 Å². The van der Waals surface area contributed by atoms with Gasteiger partial charge in [-0.2, -0.15) is 4.31 Å². The summed E-state index contributed by atoms with van der Waals surface area (Å²) in [4.78, 5) is 12.6. The van der Waals surface area contributed by atoms with Gasteiger partial charge in [0.1, 0.15) is 0 Å². The Morgan fingerprint density at radius 3 is 2.47 bits per heavy atom. The summed E-state index contributed by atoms with van der Waals surface area (Å²) in [6, 6.07) is 11.7. The zero-order chi connectivity index (χ0) is 21.5. The Hall–Kier alpha value is -1.80. The first kappa shape index (κ1) is 21.4. The normalized spacial score (nSPS) is 20.3. The number of benzene rings is 2. The Balaban J connectivity index is 1.31. The van der Waals surface area contributed by atoms with Gasteiger partial charge in [0, 0.05) is 41.1 Å². The number of amides is 2. The summed E-state index contributed by atoms with van der Waals surface area (Å²) < 4.78 is 27.1. The molecule has 0 aromatic heterocycles. The summed E-state index contributed by atoms with van der Waals surface area (Å²) in [6.45, 7) is 3.06. The van der Waals surface area contributed by atoms with E-state index in [1.54, 1.807) is 42.5 Å². The fraction of sp³-hybridized carbons (Fsp3) is 0.381. The number of nitrogens with one attached hydrogen (secondary N) is 2. The Kier molecular flexibility index (Phi) is 5.74. The van der Waals surface area contributed by atoms with E-state index < -0.39 is 10.0 Å². The monoisotopic (exact) mass is 467 g/mol. The number of carbonyl (C=O) groups excluding carboxylic acids is 1. The third kappa shape index (κ3) is 4.04. The number of hydrogen-bond acceptors (Lipinski definition) is 3. The SMILES string of the molecule is Cc1ccc(S(=O)(=O)N2CC3(CCC3NC(=O)NCc3ccc(Cl)cc3Cl)C2)cc1. The van der Waals surface area contributed by atoms with Gasteiger partial charge in [0.05, 0.1) is 4.90 Å². The van der Waals surface area contributed by atoms with Crippen LogP contribution >= 0.6 is 23.2 Å². The van der Waals surface area contributed by atoms with E-state index in [1.807, 2.05) is 6.92 Å². The molecule has 160 valence electrons. The summed E-state index contributed by atoms with van der Waals surface area (Å²) in [6.07, 6.45) is 1.74. The smallest absolute Gasteiger partial charge is 0.315 e. The molecule has 9 heteroatoms. The molecule has 1 saturated heterocycles. The molecule has 2 N–H and O–H groups in total. The topological polar surface area (TPSA) is 78.5 Å². The first-order valence-corrected chi connectivity index (χ1v) is 11.9. The van der Waals surface area contributed by atoms with E-state index >= 15 is 0 Å². The largest absolute Gasteiger partial charge is 0.335 e.